The van der Waals surface area contributed by atoms with E-state index < -0.39 is 0 Å². The third-order valence-corrected chi connectivity index (χ3v) is 5.26. The summed E-state index contributed by atoms with van der Waals surface area (Å²) in [5, 5.41) is 3.69. The molecule has 110 valence electrons. The second-order valence-corrected chi connectivity index (χ2v) is 7.73. The number of rotatable bonds is 5. The average Bonchev–Trinajstić information content (AvgIpc) is 2.81. The van der Waals surface area contributed by atoms with Gasteiger partial charge in [0.25, 0.3) is 0 Å². The highest BCUT2D eigenvalue weighted by molar-refractivity contribution is 9.10. The van der Waals surface area contributed by atoms with Crippen LogP contribution in [-0.2, 0) is 12.8 Å². The molecule has 2 atom stereocenters. The maximum Gasteiger partial charge on any atom is 0.125 e. The smallest absolute Gasteiger partial charge is 0.125 e. The second-order valence-electron chi connectivity index (χ2n) is 6.82. The zero-order valence-electron chi connectivity index (χ0n) is 12.6. The molecular weight excluding hydrogens is 314 g/mol. The van der Waals surface area contributed by atoms with Crippen LogP contribution in [0.4, 0.5) is 0 Å². The molecule has 1 fully saturated rings. The van der Waals surface area contributed by atoms with Crippen LogP contribution in [0.1, 0.15) is 38.3 Å². The van der Waals surface area contributed by atoms with Gasteiger partial charge in [-0.15, -0.1) is 0 Å². The number of likely N-dealkylation sites (N-methyl/N-ethyl adjacent to an activating group) is 1. The number of nitrogens with one attached hydrogen (secondary N) is 1. The standard InChI is InChI=1S/C17H24BrNO/c1-4-19-15(14-10-17(14,2)3)9-12-8-13(18)7-11-5-6-20-16(11)12/h7-8,14-15,19H,4-6,9-10H2,1-3H3. The van der Waals surface area contributed by atoms with Crippen LogP contribution in [0, 0.1) is 11.3 Å². The van der Waals surface area contributed by atoms with Gasteiger partial charge in [-0.05, 0) is 54.0 Å². The molecule has 1 aromatic rings. The summed E-state index contributed by atoms with van der Waals surface area (Å²) in [5.41, 5.74) is 3.23. The first-order chi connectivity index (χ1) is 9.51. The Morgan fingerprint density at radius 3 is 2.85 bits per heavy atom. The Morgan fingerprint density at radius 1 is 1.45 bits per heavy atom. The Bertz CT molecular complexity index is 512. The second kappa shape index (κ2) is 5.34. The molecule has 1 N–H and O–H groups in total. The molecule has 3 heteroatoms. The fraction of sp³-hybridized carbons (Fsp3) is 0.647. The predicted molar refractivity (Wildman–Crippen MR) is 86.4 cm³/mol. The number of halogens is 1. The summed E-state index contributed by atoms with van der Waals surface area (Å²) in [6, 6.07) is 5.01. The van der Waals surface area contributed by atoms with Crippen molar-refractivity contribution in [3.05, 3.63) is 27.7 Å². The van der Waals surface area contributed by atoms with Gasteiger partial charge in [-0.3, -0.25) is 0 Å². The van der Waals surface area contributed by atoms with Gasteiger partial charge in [0.1, 0.15) is 5.75 Å². The molecule has 0 aromatic heterocycles. The predicted octanol–water partition coefficient (Wildman–Crippen LogP) is 3.95. The third kappa shape index (κ3) is 2.75. The van der Waals surface area contributed by atoms with Gasteiger partial charge >= 0.3 is 0 Å². The van der Waals surface area contributed by atoms with Crippen molar-refractivity contribution in [3.63, 3.8) is 0 Å². The lowest BCUT2D eigenvalue weighted by Gasteiger charge is -2.21. The van der Waals surface area contributed by atoms with E-state index in [0.29, 0.717) is 11.5 Å². The van der Waals surface area contributed by atoms with Crippen molar-refractivity contribution in [3.8, 4) is 5.75 Å². The van der Waals surface area contributed by atoms with E-state index in [1.54, 1.807) is 0 Å². The Morgan fingerprint density at radius 2 is 2.20 bits per heavy atom. The molecule has 0 saturated heterocycles. The maximum absolute atomic E-state index is 5.87. The fourth-order valence-corrected chi connectivity index (χ4v) is 4.10. The van der Waals surface area contributed by atoms with Gasteiger partial charge < -0.3 is 10.1 Å². The number of hydrogen-bond donors (Lipinski definition) is 1. The summed E-state index contributed by atoms with van der Waals surface area (Å²) in [5.74, 6) is 1.94. The van der Waals surface area contributed by atoms with E-state index in [1.807, 2.05) is 0 Å². The van der Waals surface area contributed by atoms with Crippen LogP contribution in [0.3, 0.4) is 0 Å². The molecule has 1 aliphatic carbocycles. The van der Waals surface area contributed by atoms with Crippen LogP contribution in [0.15, 0.2) is 16.6 Å². The third-order valence-electron chi connectivity index (χ3n) is 4.81. The lowest BCUT2D eigenvalue weighted by atomic mass is 9.95. The normalized spacial score (nSPS) is 24.1. The summed E-state index contributed by atoms with van der Waals surface area (Å²) < 4.78 is 7.05. The molecule has 0 amide bonds. The van der Waals surface area contributed by atoms with E-state index in [1.165, 1.54) is 22.0 Å². The first-order valence-electron chi connectivity index (χ1n) is 7.68. The van der Waals surface area contributed by atoms with E-state index in [2.05, 4.69) is 54.2 Å². The van der Waals surface area contributed by atoms with Crippen LogP contribution in [0.25, 0.3) is 0 Å². The van der Waals surface area contributed by atoms with Crippen molar-refractivity contribution in [2.45, 2.75) is 46.1 Å². The molecule has 2 unspecified atom stereocenters. The lowest BCUT2D eigenvalue weighted by Crippen LogP contribution is -2.34. The summed E-state index contributed by atoms with van der Waals surface area (Å²) >= 11 is 3.64. The minimum atomic E-state index is 0.503. The molecule has 0 bridgehead atoms. The highest BCUT2D eigenvalue weighted by Gasteiger charge is 2.49. The van der Waals surface area contributed by atoms with Gasteiger partial charge in [0.2, 0.25) is 0 Å². The first kappa shape index (κ1) is 14.4. The molecule has 0 spiro atoms. The Labute approximate surface area is 130 Å². The minimum absolute atomic E-state index is 0.503. The van der Waals surface area contributed by atoms with E-state index in [4.69, 9.17) is 4.74 Å². The Hall–Kier alpha value is -0.540. The molecule has 3 rings (SSSR count). The van der Waals surface area contributed by atoms with E-state index in [9.17, 15) is 0 Å². The van der Waals surface area contributed by atoms with Crippen LogP contribution < -0.4 is 10.1 Å². The number of hydrogen-bond acceptors (Lipinski definition) is 2. The van der Waals surface area contributed by atoms with Gasteiger partial charge in [0.15, 0.2) is 0 Å². The Balaban J connectivity index is 1.82. The van der Waals surface area contributed by atoms with Crippen LogP contribution in [-0.4, -0.2) is 19.2 Å². The molecule has 1 aromatic carbocycles. The molecule has 1 heterocycles. The minimum Gasteiger partial charge on any atom is -0.493 e. The van der Waals surface area contributed by atoms with Crippen molar-refractivity contribution in [2.24, 2.45) is 11.3 Å². The Kier molecular flexibility index (Phi) is 3.85. The molecular formula is C17H24BrNO. The highest BCUT2D eigenvalue weighted by atomic mass is 79.9. The number of ether oxygens (including phenoxy) is 1. The molecule has 0 radical (unpaired) electrons. The van der Waals surface area contributed by atoms with Gasteiger partial charge in [0.05, 0.1) is 6.61 Å². The van der Waals surface area contributed by atoms with Gasteiger partial charge in [-0.25, -0.2) is 0 Å². The SMILES string of the molecule is CCNC(Cc1cc(Br)cc2c1OCC2)C1CC1(C)C. The molecule has 20 heavy (non-hydrogen) atoms. The number of benzene rings is 1. The van der Waals surface area contributed by atoms with Gasteiger partial charge in [0, 0.05) is 16.9 Å². The quantitative estimate of drug-likeness (QED) is 0.878. The van der Waals surface area contributed by atoms with Crippen molar-refractivity contribution in [2.75, 3.05) is 13.2 Å². The molecule has 2 nitrogen and oxygen atoms in total. The van der Waals surface area contributed by atoms with Crippen molar-refractivity contribution < 1.29 is 4.74 Å². The van der Waals surface area contributed by atoms with E-state index in [0.717, 1.165) is 37.7 Å². The maximum atomic E-state index is 5.87. The highest BCUT2D eigenvalue weighted by Crippen LogP contribution is 2.54. The van der Waals surface area contributed by atoms with Crippen molar-refractivity contribution in [1.82, 2.24) is 5.32 Å². The topological polar surface area (TPSA) is 21.3 Å². The fourth-order valence-electron chi connectivity index (χ4n) is 3.55. The van der Waals surface area contributed by atoms with Gasteiger partial charge in [-0.2, -0.15) is 0 Å². The largest absolute Gasteiger partial charge is 0.493 e. The summed E-state index contributed by atoms with van der Waals surface area (Å²) in [4.78, 5) is 0. The van der Waals surface area contributed by atoms with Crippen LogP contribution in [0.5, 0.6) is 5.75 Å². The lowest BCUT2D eigenvalue weighted by molar-refractivity contribution is 0.347. The van der Waals surface area contributed by atoms with E-state index >= 15 is 0 Å². The zero-order valence-corrected chi connectivity index (χ0v) is 14.2. The van der Waals surface area contributed by atoms with Crippen molar-refractivity contribution in [1.29, 1.82) is 0 Å². The summed E-state index contributed by atoms with van der Waals surface area (Å²) in [6.07, 6.45) is 3.45. The summed E-state index contributed by atoms with van der Waals surface area (Å²) in [7, 11) is 0. The van der Waals surface area contributed by atoms with E-state index in [-0.39, 0.29) is 0 Å². The molecule has 1 saturated carbocycles. The van der Waals surface area contributed by atoms with Gasteiger partial charge in [-0.1, -0.05) is 36.7 Å². The van der Waals surface area contributed by atoms with Crippen LogP contribution >= 0.6 is 15.9 Å². The molecule has 2 aliphatic rings. The van der Waals surface area contributed by atoms with Crippen molar-refractivity contribution >= 4 is 15.9 Å². The first-order valence-corrected chi connectivity index (χ1v) is 8.48. The number of fused-ring (bicyclic) bond motifs is 1. The van der Waals surface area contributed by atoms with Crippen LogP contribution in [0.2, 0.25) is 0 Å². The average molecular weight is 338 g/mol. The zero-order chi connectivity index (χ0) is 14.3. The monoisotopic (exact) mass is 337 g/mol. The molecule has 1 aliphatic heterocycles. The summed E-state index contributed by atoms with van der Waals surface area (Å²) in [6.45, 7) is 8.83.